The summed E-state index contributed by atoms with van der Waals surface area (Å²) in [5, 5.41) is 0. The highest BCUT2D eigenvalue weighted by molar-refractivity contribution is 5.75. The number of esters is 1. The van der Waals surface area contributed by atoms with E-state index in [0.717, 1.165) is 5.56 Å². The van der Waals surface area contributed by atoms with E-state index in [1.807, 2.05) is 12.1 Å². The van der Waals surface area contributed by atoms with Crippen LogP contribution < -0.4 is 5.73 Å². The van der Waals surface area contributed by atoms with Crippen LogP contribution >= 0.6 is 0 Å². The van der Waals surface area contributed by atoms with Crippen LogP contribution in [0.5, 0.6) is 0 Å². The minimum atomic E-state index is -0.586. The minimum absolute atomic E-state index is 0.357. The van der Waals surface area contributed by atoms with Gasteiger partial charge in [-0.25, -0.2) is 0 Å². The number of pyridine rings is 1. The SMILES string of the molecule is CCOC(=O)[C@H](N)Cc1ccncc1. The van der Waals surface area contributed by atoms with E-state index in [0.29, 0.717) is 13.0 Å². The van der Waals surface area contributed by atoms with E-state index in [2.05, 4.69) is 4.98 Å². The van der Waals surface area contributed by atoms with Gasteiger partial charge in [0.2, 0.25) is 0 Å². The van der Waals surface area contributed by atoms with Gasteiger partial charge in [0.25, 0.3) is 0 Å². The van der Waals surface area contributed by atoms with Crippen LogP contribution in [0.1, 0.15) is 12.5 Å². The van der Waals surface area contributed by atoms with Crippen LogP contribution in [0.15, 0.2) is 24.5 Å². The summed E-state index contributed by atoms with van der Waals surface area (Å²) in [4.78, 5) is 15.1. The van der Waals surface area contributed by atoms with Crippen molar-refractivity contribution in [3.05, 3.63) is 30.1 Å². The lowest BCUT2D eigenvalue weighted by Crippen LogP contribution is -2.34. The van der Waals surface area contributed by atoms with Gasteiger partial charge in [-0.2, -0.15) is 0 Å². The van der Waals surface area contributed by atoms with E-state index < -0.39 is 6.04 Å². The molecule has 14 heavy (non-hydrogen) atoms. The predicted molar refractivity (Wildman–Crippen MR) is 52.5 cm³/mol. The number of rotatable bonds is 4. The summed E-state index contributed by atoms with van der Waals surface area (Å²) in [6.45, 7) is 2.12. The van der Waals surface area contributed by atoms with Crippen molar-refractivity contribution in [2.75, 3.05) is 6.61 Å². The highest BCUT2D eigenvalue weighted by atomic mass is 16.5. The van der Waals surface area contributed by atoms with Crippen LogP contribution in [0, 0.1) is 0 Å². The first-order valence-electron chi connectivity index (χ1n) is 4.55. The number of nitrogens with two attached hydrogens (primary N) is 1. The fourth-order valence-corrected chi connectivity index (χ4v) is 1.11. The Bertz CT molecular complexity index is 287. The zero-order chi connectivity index (χ0) is 10.4. The molecule has 0 spiro atoms. The number of nitrogens with zero attached hydrogens (tertiary/aromatic N) is 1. The van der Waals surface area contributed by atoms with Gasteiger partial charge >= 0.3 is 5.97 Å². The first kappa shape index (κ1) is 10.7. The summed E-state index contributed by atoms with van der Waals surface area (Å²) < 4.78 is 4.80. The zero-order valence-electron chi connectivity index (χ0n) is 8.14. The topological polar surface area (TPSA) is 65.2 Å². The zero-order valence-corrected chi connectivity index (χ0v) is 8.14. The summed E-state index contributed by atoms with van der Waals surface area (Å²) in [6, 6.07) is 3.08. The molecule has 0 unspecified atom stereocenters. The highest BCUT2D eigenvalue weighted by Crippen LogP contribution is 2.01. The molecule has 0 aliphatic carbocycles. The first-order valence-corrected chi connectivity index (χ1v) is 4.55. The number of carbonyl (C=O) groups excluding carboxylic acids is 1. The maximum absolute atomic E-state index is 11.2. The molecule has 0 aromatic carbocycles. The average Bonchev–Trinajstić information content (AvgIpc) is 2.19. The Hall–Kier alpha value is -1.42. The van der Waals surface area contributed by atoms with Crippen LogP contribution in [-0.4, -0.2) is 23.6 Å². The molecule has 0 amide bonds. The molecule has 0 saturated carbocycles. The van der Waals surface area contributed by atoms with E-state index in [9.17, 15) is 4.79 Å². The van der Waals surface area contributed by atoms with Gasteiger partial charge in [0.15, 0.2) is 0 Å². The Morgan fingerprint density at radius 3 is 2.79 bits per heavy atom. The number of hydrogen-bond donors (Lipinski definition) is 1. The van der Waals surface area contributed by atoms with E-state index in [4.69, 9.17) is 10.5 Å². The summed E-state index contributed by atoms with van der Waals surface area (Å²) in [5.74, 6) is -0.357. The molecule has 0 saturated heterocycles. The van der Waals surface area contributed by atoms with Crippen molar-refractivity contribution < 1.29 is 9.53 Å². The lowest BCUT2D eigenvalue weighted by atomic mass is 10.1. The monoisotopic (exact) mass is 194 g/mol. The maximum atomic E-state index is 11.2. The van der Waals surface area contributed by atoms with Gasteiger partial charge in [-0.15, -0.1) is 0 Å². The van der Waals surface area contributed by atoms with Crippen LogP contribution in [0.25, 0.3) is 0 Å². The highest BCUT2D eigenvalue weighted by Gasteiger charge is 2.14. The van der Waals surface area contributed by atoms with Gasteiger partial charge in [-0.05, 0) is 31.0 Å². The van der Waals surface area contributed by atoms with Gasteiger partial charge < -0.3 is 10.5 Å². The van der Waals surface area contributed by atoms with Crippen molar-refractivity contribution in [3.63, 3.8) is 0 Å². The lowest BCUT2D eigenvalue weighted by molar-refractivity contribution is -0.144. The molecule has 0 fully saturated rings. The first-order chi connectivity index (χ1) is 6.74. The molecule has 0 aliphatic rings. The molecular weight excluding hydrogens is 180 g/mol. The molecular formula is C10H14N2O2. The minimum Gasteiger partial charge on any atom is -0.465 e. The molecule has 0 aliphatic heterocycles. The van der Waals surface area contributed by atoms with Crippen molar-refractivity contribution in [2.24, 2.45) is 5.73 Å². The van der Waals surface area contributed by atoms with Crippen molar-refractivity contribution in [1.82, 2.24) is 4.98 Å². The Labute approximate surface area is 83.1 Å². The third-order valence-electron chi connectivity index (χ3n) is 1.79. The third-order valence-corrected chi connectivity index (χ3v) is 1.79. The van der Waals surface area contributed by atoms with Gasteiger partial charge in [0.1, 0.15) is 6.04 Å². The second kappa shape index (κ2) is 5.34. The van der Waals surface area contributed by atoms with Gasteiger partial charge in [-0.1, -0.05) is 0 Å². The number of hydrogen-bond acceptors (Lipinski definition) is 4. The molecule has 1 aromatic rings. The maximum Gasteiger partial charge on any atom is 0.323 e. The normalized spacial score (nSPS) is 12.1. The Kier molecular flexibility index (Phi) is 4.07. The quantitative estimate of drug-likeness (QED) is 0.709. The molecule has 1 rings (SSSR count). The average molecular weight is 194 g/mol. The lowest BCUT2D eigenvalue weighted by Gasteiger charge is -2.09. The Morgan fingerprint density at radius 2 is 2.21 bits per heavy atom. The predicted octanol–water partition coefficient (Wildman–Crippen LogP) is 0.514. The molecule has 2 N–H and O–H groups in total. The summed E-state index contributed by atoms with van der Waals surface area (Å²) >= 11 is 0. The van der Waals surface area contributed by atoms with Crippen LogP contribution in [-0.2, 0) is 16.0 Å². The molecule has 76 valence electrons. The van der Waals surface area contributed by atoms with Crippen molar-refractivity contribution in [3.8, 4) is 0 Å². The molecule has 1 atom stereocenters. The van der Waals surface area contributed by atoms with Gasteiger partial charge in [0.05, 0.1) is 6.61 Å². The van der Waals surface area contributed by atoms with E-state index in [1.54, 1.807) is 19.3 Å². The number of ether oxygens (including phenoxy) is 1. The molecule has 0 bridgehead atoms. The molecule has 4 heteroatoms. The fourth-order valence-electron chi connectivity index (χ4n) is 1.11. The summed E-state index contributed by atoms with van der Waals surface area (Å²) in [5.41, 5.74) is 6.63. The smallest absolute Gasteiger partial charge is 0.323 e. The van der Waals surface area contributed by atoms with Crippen LogP contribution in [0.4, 0.5) is 0 Å². The summed E-state index contributed by atoms with van der Waals surface area (Å²) in [6.07, 6.45) is 3.84. The number of aromatic nitrogens is 1. The fraction of sp³-hybridized carbons (Fsp3) is 0.400. The van der Waals surface area contributed by atoms with Gasteiger partial charge in [-0.3, -0.25) is 9.78 Å². The van der Waals surface area contributed by atoms with Crippen molar-refractivity contribution in [1.29, 1.82) is 0 Å². The second-order valence-corrected chi connectivity index (χ2v) is 2.92. The van der Waals surface area contributed by atoms with Crippen molar-refractivity contribution >= 4 is 5.97 Å². The van der Waals surface area contributed by atoms with Crippen LogP contribution in [0.3, 0.4) is 0 Å². The van der Waals surface area contributed by atoms with Crippen molar-refractivity contribution in [2.45, 2.75) is 19.4 Å². The third kappa shape index (κ3) is 3.14. The van der Waals surface area contributed by atoms with Crippen LogP contribution in [0.2, 0.25) is 0 Å². The standard InChI is InChI=1S/C10H14N2O2/c1-2-14-10(13)9(11)7-8-3-5-12-6-4-8/h3-6,9H,2,7,11H2,1H3/t9-/m1/s1. The molecule has 1 heterocycles. The number of carbonyl (C=O) groups is 1. The van der Waals surface area contributed by atoms with E-state index >= 15 is 0 Å². The van der Waals surface area contributed by atoms with Gasteiger partial charge in [0, 0.05) is 12.4 Å². The van der Waals surface area contributed by atoms with E-state index in [-0.39, 0.29) is 5.97 Å². The van der Waals surface area contributed by atoms with E-state index in [1.165, 1.54) is 0 Å². The molecule has 0 radical (unpaired) electrons. The molecule has 1 aromatic heterocycles. The Balaban J connectivity index is 2.49. The summed E-state index contributed by atoms with van der Waals surface area (Å²) in [7, 11) is 0. The Morgan fingerprint density at radius 1 is 1.57 bits per heavy atom. The second-order valence-electron chi connectivity index (χ2n) is 2.92. The molecule has 4 nitrogen and oxygen atoms in total. The largest absolute Gasteiger partial charge is 0.465 e.